The van der Waals surface area contributed by atoms with E-state index in [1.165, 1.54) is 122 Å². The number of nitrogens with zero attached hydrogens (tertiary/aromatic N) is 2. The van der Waals surface area contributed by atoms with Gasteiger partial charge in [-0.15, -0.1) is 90.7 Å². The maximum Gasteiger partial charge on any atom is 0.123 e. The lowest BCUT2D eigenvalue weighted by atomic mass is 9.88. The SMILES string of the molecule is Cc1ccc(-c2ccc(-c3cc4c5cc(-c6ncc(C)s6)cc6c7sc(-c8ccc(-c9ccc(C)s9)s8)cc7c7cc(-c8ncc(C)s8)cc(c4s3)c7c56)s2)s1. The van der Waals surface area contributed by atoms with Crippen LogP contribution in [0.4, 0.5) is 0 Å². The van der Waals surface area contributed by atoms with E-state index in [0.29, 0.717) is 0 Å². The van der Waals surface area contributed by atoms with Crippen molar-refractivity contribution in [3.8, 4) is 60.2 Å². The molecule has 0 amide bonds. The highest BCUT2D eigenvalue weighted by Gasteiger charge is 2.24. The van der Waals surface area contributed by atoms with Crippen LogP contribution in [0.1, 0.15) is 19.5 Å². The first-order chi connectivity index (χ1) is 27.3. The van der Waals surface area contributed by atoms with Gasteiger partial charge >= 0.3 is 0 Å². The lowest BCUT2D eigenvalue weighted by Gasteiger charge is -2.16. The van der Waals surface area contributed by atoms with Gasteiger partial charge in [0.1, 0.15) is 10.0 Å². The van der Waals surface area contributed by atoms with Gasteiger partial charge in [0.05, 0.1) is 0 Å². The molecule has 0 spiro atoms. The van der Waals surface area contributed by atoms with E-state index in [9.17, 15) is 0 Å². The minimum absolute atomic E-state index is 1.08. The van der Waals surface area contributed by atoms with Gasteiger partial charge in [0.25, 0.3) is 0 Å². The molecule has 8 aromatic heterocycles. The maximum atomic E-state index is 4.93. The summed E-state index contributed by atoms with van der Waals surface area (Å²) < 4.78 is 2.68. The molecule has 270 valence electrons. The molecule has 0 aliphatic heterocycles. The van der Waals surface area contributed by atoms with Crippen molar-refractivity contribution in [1.82, 2.24) is 9.97 Å². The molecule has 56 heavy (non-hydrogen) atoms. The fourth-order valence-electron chi connectivity index (χ4n) is 7.99. The number of aryl methyl sites for hydroxylation is 4. The number of benzene rings is 4. The third-order valence-electron chi connectivity index (χ3n) is 10.5. The Morgan fingerprint density at radius 2 is 0.696 bits per heavy atom. The minimum Gasteiger partial charge on any atom is -0.244 e. The van der Waals surface area contributed by atoms with Crippen LogP contribution in [-0.2, 0) is 0 Å². The van der Waals surface area contributed by atoms with Crippen LogP contribution >= 0.6 is 90.7 Å². The van der Waals surface area contributed by atoms with Crippen LogP contribution in [0.25, 0.3) is 113 Å². The maximum absolute atomic E-state index is 4.93. The van der Waals surface area contributed by atoms with Gasteiger partial charge in [-0.1, -0.05) is 0 Å². The normalized spacial score (nSPS) is 12.3. The monoisotopic (exact) mass is 864 g/mol. The van der Waals surface area contributed by atoms with Crippen molar-refractivity contribution in [3.05, 3.63) is 117 Å². The zero-order valence-corrected chi connectivity index (χ0v) is 36.9. The average molecular weight is 865 g/mol. The molecule has 12 rings (SSSR count). The highest BCUT2D eigenvalue weighted by atomic mass is 32.1. The van der Waals surface area contributed by atoms with Crippen molar-refractivity contribution in [1.29, 1.82) is 0 Å². The summed E-state index contributed by atoms with van der Waals surface area (Å²) in [7, 11) is 0. The number of thiazole rings is 2. The van der Waals surface area contributed by atoms with Crippen LogP contribution in [0.15, 0.2) is 97.3 Å². The van der Waals surface area contributed by atoms with Gasteiger partial charge in [-0.05, 0) is 134 Å². The van der Waals surface area contributed by atoms with Crippen LogP contribution in [0.2, 0.25) is 0 Å². The summed E-state index contributed by atoms with van der Waals surface area (Å²) >= 11 is 15.0. The molecule has 0 radical (unpaired) electrons. The quantitative estimate of drug-likeness (QED) is 0.156. The van der Waals surface area contributed by atoms with E-state index >= 15 is 0 Å². The Morgan fingerprint density at radius 3 is 1.07 bits per heavy atom. The summed E-state index contributed by atoms with van der Waals surface area (Å²) in [4.78, 5) is 25.6. The zero-order chi connectivity index (χ0) is 37.4. The van der Waals surface area contributed by atoms with Gasteiger partial charge in [-0.3, -0.25) is 0 Å². The van der Waals surface area contributed by atoms with Crippen LogP contribution in [0.3, 0.4) is 0 Å². The second-order valence-electron chi connectivity index (χ2n) is 14.3. The standard InChI is InChI=1S/C46H28N2S8/c1-21-5-7-33(49-21)35-9-11-37(53-35)39-17-29-27-13-25(45-47-19-23(3)51-45)16-32-41(27)42-28(14-26(15-31(42)43(29)55-39)46-48-20-24(4)52-46)30-18-40(56-44(30)32)38-12-10-36(54-38)34-8-6-22(2)50-34/h5-20H,1-4H3. The Kier molecular flexibility index (Phi) is 7.71. The predicted molar refractivity (Wildman–Crippen MR) is 255 cm³/mol. The molecule has 0 saturated carbocycles. The van der Waals surface area contributed by atoms with Gasteiger partial charge < -0.3 is 0 Å². The molecule has 12 aromatic rings. The Morgan fingerprint density at radius 1 is 0.321 bits per heavy atom. The van der Waals surface area contributed by atoms with Gasteiger partial charge in [-0.25, -0.2) is 9.97 Å². The summed E-state index contributed by atoms with van der Waals surface area (Å²) in [6.45, 7) is 8.68. The molecule has 0 atom stereocenters. The van der Waals surface area contributed by atoms with Crippen LogP contribution in [0, 0.1) is 27.7 Å². The molecular weight excluding hydrogens is 837 g/mol. The average Bonchev–Trinajstić information content (AvgIpc) is 4.03. The number of aromatic nitrogens is 2. The molecule has 10 heteroatoms. The summed E-state index contributed by atoms with van der Waals surface area (Å²) in [6, 6.07) is 32.9. The summed E-state index contributed by atoms with van der Waals surface area (Å²) in [6.07, 6.45) is 4.02. The van der Waals surface area contributed by atoms with E-state index in [1.54, 1.807) is 22.7 Å². The number of hydrogen-bond donors (Lipinski definition) is 0. The van der Waals surface area contributed by atoms with Gasteiger partial charge in [0, 0.05) is 113 Å². The molecule has 0 fully saturated rings. The smallest absolute Gasteiger partial charge is 0.123 e. The lowest BCUT2D eigenvalue weighted by Crippen LogP contribution is -1.89. The minimum atomic E-state index is 1.08. The number of hydrogen-bond acceptors (Lipinski definition) is 10. The second-order valence-corrected chi connectivity index (χ2v) is 23.6. The molecular formula is C46H28N2S8. The van der Waals surface area contributed by atoms with E-state index in [4.69, 9.17) is 9.97 Å². The molecule has 0 unspecified atom stereocenters. The Bertz CT molecular complexity index is 3160. The van der Waals surface area contributed by atoms with Crippen LogP contribution in [0.5, 0.6) is 0 Å². The fraction of sp³-hybridized carbons (Fsp3) is 0.0870. The summed E-state index contributed by atoms with van der Waals surface area (Å²) in [5, 5.41) is 12.8. The number of rotatable bonds is 6. The first kappa shape index (κ1) is 34.0. The van der Waals surface area contributed by atoms with Crippen molar-refractivity contribution >= 4 is 143 Å². The molecule has 4 aromatic carbocycles. The van der Waals surface area contributed by atoms with Crippen molar-refractivity contribution < 1.29 is 0 Å². The molecule has 0 N–H and O–H groups in total. The number of thiophene rings is 6. The zero-order valence-electron chi connectivity index (χ0n) is 30.4. The molecule has 2 nitrogen and oxygen atoms in total. The molecule has 8 heterocycles. The Balaban J connectivity index is 1.18. The Labute approximate surface area is 354 Å². The first-order valence-electron chi connectivity index (χ1n) is 18.2. The van der Waals surface area contributed by atoms with Crippen molar-refractivity contribution in [2.24, 2.45) is 0 Å². The number of fused-ring (bicyclic) bond motifs is 6. The van der Waals surface area contributed by atoms with E-state index < -0.39 is 0 Å². The van der Waals surface area contributed by atoms with Crippen LogP contribution < -0.4 is 0 Å². The largest absolute Gasteiger partial charge is 0.244 e. The van der Waals surface area contributed by atoms with E-state index in [2.05, 4.69) is 113 Å². The molecule has 0 aliphatic carbocycles. The molecule has 0 saturated heterocycles. The summed E-state index contributed by atoms with van der Waals surface area (Å²) in [5.74, 6) is 0. The predicted octanol–water partition coefficient (Wildman–Crippen LogP) is 17.4. The molecule has 0 bridgehead atoms. The van der Waals surface area contributed by atoms with Gasteiger partial charge in [0.15, 0.2) is 0 Å². The second kappa shape index (κ2) is 12.7. The molecule has 0 aliphatic rings. The van der Waals surface area contributed by atoms with Crippen molar-refractivity contribution in [2.45, 2.75) is 27.7 Å². The summed E-state index contributed by atoms with van der Waals surface area (Å²) in [5.41, 5.74) is 2.38. The van der Waals surface area contributed by atoms with Gasteiger partial charge in [-0.2, -0.15) is 0 Å². The lowest BCUT2D eigenvalue weighted by molar-refractivity contribution is 1.38. The van der Waals surface area contributed by atoms with Gasteiger partial charge in [0.2, 0.25) is 0 Å². The third-order valence-corrected chi connectivity index (χ3v) is 19.7. The highest BCUT2D eigenvalue weighted by Crippen LogP contribution is 2.54. The van der Waals surface area contributed by atoms with Crippen LogP contribution in [-0.4, -0.2) is 9.97 Å². The van der Waals surface area contributed by atoms with E-state index in [1.807, 2.05) is 80.4 Å². The Hall–Kier alpha value is -4.10. The highest BCUT2D eigenvalue weighted by molar-refractivity contribution is 7.30. The van der Waals surface area contributed by atoms with Crippen molar-refractivity contribution in [2.75, 3.05) is 0 Å². The van der Waals surface area contributed by atoms with Crippen molar-refractivity contribution in [3.63, 3.8) is 0 Å². The fourth-order valence-corrected chi connectivity index (χ4v) is 16.0. The topological polar surface area (TPSA) is 25.8 Å². The first-order valence-corrected chi connectivity index (χ1v) is 24.7. The third kappa shape index (κ3) is 5.31. The van der Waals surface area contributed by atoms with E-state index in [-0.39, 0.29) is 0 Å². The van der Waals surface area contributed by atoms with E-state index in [0.717, 1.165) is 10.0 Å².